The van der Waals surface area contributed by atoms with Gasteiger partial charge in [0.1, 0.15) is 5.82 Å². The van der Waals surface area contributed by atoms with Gasteiger partial charge >= 0.3 is 0 Å². The molecule has 0 saturated carbocycles. The molecule has 17 heavy (non-hydrogen) atoms. The quantitative estimate of drug-likeness (QED) is 0.905. The number of nitrogens with one attached hydrogen (secondary N) is 1. The summed E-state index contributed by atoms with van der Waals surface area (Å²) in [6.45, 7) is 3.88. The second-order valence-electron chi connectivity index (χ2n) is 4.18. The third-order valence-corrected chi connectivity index (χ3v) is 3.48. The molecule has 3 nitrogen and oxygen atoms in total. The van der Waals surface area contributed by atoms with E-state index in [1.165, 1.54) is 6.07 Å². The van der Waals surface area contributed by atoms with Gasteiger partial charge in [0.05, 0.1) is 10.5 Å². The first-order valence-corrected chi connectivity index (χ1v) is 6.33. The molecule has 0 radical (unpaired) electrons. The highest BCUT2D eigenvalue weighted by Gasteiger charge is 2.24. The summed E-state index contributed by atoms with van der Waals surface area (Å²) in [5, 5.41) is 3.11. The van der Waals surface area contributed by atoms with Crippen molar-refractivity contribution in [1.29, 1.82) is 0 Å². The van der Waals surface area contributed by atoms with Gasteiger partial charge in [0.2, 0.25) is 5.91 Å². The van der Waals surface area contributed by atoms with E-state index in [1.54, 1.807) is 17.0 Å². The lowest BCUT2D eigenvalue weighted by Crippen LogP contribution is -2.53. The molecule has 1 aliphatic heterocycles. The monoisotopic (exact) mass is 300 g/mol. The summed E-state index contributed by atoms with van der Waals surface area (Å²) in [6.07, 6.45) is 0. The lowest BCUT2D eigenvalue weighted by molar-refractivity contribution is -0.135. The van der Waals surface area contributed by atoms with Crippen LogP contribution in [0.25, 0.3) is 0 Å². The van der Waals surface area contributed by atoms with Crippen LogP contribution in [0.1, 0.15) is 12.5 Å². The Kier molecular flexibility index (Phi) is 3.79. The molecule has 92 valence electrons. The van der Waals surface area contributed by atoms with Crippen molar-refractivity contribution in [1.82, 2.24) is 10.2 Å². The van der Waals surface area contributed by atoms with Crippen molar-refractivity contribution in [3.63, 3.8) is 0 Å². The van der Waals surface area contributed by atoms with E-state index >= 15 is 0 Å². The topological polar surface area (TPSA) is 32.3 Å². The van der Waals surface area contributed by atoms with Gasteiger partial charge in [0, 0.05) is 19.6 Å². The molecule has 1 aliphatic rings. The first kappa shape index (κ1) is 12.5. The van der Waals surface area contributed by atoms with E-state index in [1.807, 2.05) is 6.92 Å². The third kappa shape index (κ3) is 2.84. The van der Waals surface area contributed by atoms with Gasteiger partial charge in [-0.15, -0.1) is 0 Å². The van der Waals surface area contributed by atoms with Crippen LogP contribution < -0.4 is 5.32 Å². The Balaban J connectivity index is 2.09. The van der Waals surface area contributed by atoms with Gasteiger partial charge in [-0.05, 0) is 40.5 Å². The number of halogens is 2. The SMILES string of the molecule is CC1NCCN(Cc2ccc(F)c(Br)c2)C1=O. The maximum Gasteiger partial charge on any atom is 0.239 e. The average molecular weight is 301 g/mol. The normalized spacial score (nSPS) is 20.8. The fourth-order valence-electron chi connectivity index (χ4n) is 1.90. The molecule has 1 amide bonds. The number of nitrogens with zero attached hydrogens (tertiary/aromatic N) is 1. The van der Waals surface area contributed by atoms with E-state index in [0.29, 0.717) is 17.6 Å². The fraction of sp³-hybridized carbons (Fsp3) is 0.417. The molecule has 1 saturated heterocycles. The molecule has 1 N–H and O–H groups in total. The maximum atomic E-state index is 13.1. The van der Waals surface area contributed by atoms with Crippen LogP contribution in [0.3, 0.4) is 0 Å². The summed E-state index contributed by atoms with van der Waals surface area (Å²) < 4.78 is 13.5. The minimum Gasteiger partial charge on any atom is -0.336 e. The van der Waals surface area contributed by atoms with Gasteiger partial charge in [-0.25, -0.2) is 4.39 Å². The molecule has 1 aromatic carbocycles. The Labute approximate surface area is 108 Å². The first-order valence-electron chi connectivity index (χ1n) is 5.54. The summed E-state index contributed by atoms with van der Waals surface area (Å²) in [5.41, 5.74) is 0.931. The van der Waals surface area contributed by atoms with Crippen LogP contribution in [-0.2, 0) is 11.3 Å². The Hall–Kier alpha value is -0.940. The lowest BCUT2D eigenvalue weighted by Gasteiger charge is -2.31. The highest BCUT2D eigenvalue weighted by atomic mass is 79.9. The van der Waals surface area contributed by atoms with Crippen LogP contribution in [0, 0.1) is 5.82 Å². The summed E-state index contributed by atoms with van der Waals surface area (Å²) in [4.78, 5) is 13.7. The van der Waals surface area contributed by atoms with Crippen LogP contribution in [-0.4, -0.2) is 29.9 Å². The standard InChI is InChI=1S/C12H14BrFN2O/c1-8-12(17)16(5-4-15-8)7-9-2-3-11(14)10(13)6-9/h2-3,6,8,15H,4-5,7H2,1H3. The molecule has 1 aromatic rings. The molecule has 1 heterocycles. The van der Waals surface area contributed by atoms with Crippen LogP contribution in [0.2, 0.25) is 0 Å². The lowest BCUT2D eigenvalue weighted by atomic mass is 10.1. The third-order valence-electron chi connectivity index (χ3n) is 2.87. The van der Waals surface area contributed by atoms with E-state index in [2.05, 4.69) is 21.2 Å². The van der Waals surface area contributed by atoms with Gasteiger partial charge in [-0.2, -0.15) is 0 Å². The summed E-state index contributed by atoms with van der Waals surface area (Å²) >= 11 is 3.15. The van der Waals surface area contributed by atoms with Crippen LogP contribution >= 0.6 is 15.9 Å². The number of piperazine rings is 1. The second kappa shape index (κ2) is 5.14. The van der Waals surface area contributed by atoms with Gasteiger partial charge < -0.3 is 10.2 Å². The molecular weight excluding hydrogens is 287 g/mol. The van der Waals surface area contributed by atoms with Gasteiger partial charge in [-0.3, -0.25) is 4.79 Å². The average Bonchev–Trinajstić information content (AvgIpc) is 2.30. The highest BCUT2D eigenvalue weighted by Crippen LogP contribution is 2.18. The smallest absolute Gasteiger partial charge is 0.239 e. The Morgan fingerprint density at radius 3 is 3.06 bits per heavy atom. The predicted octanol–water partition coefficient (Wildman–Crippen LogP) is 1.91. The Morgan fingerprint density at radius 2 is 2.35 bits per heavy atom. The van der Waals surface area contributed by atoms with Crippen molar-refractivity contribution in [3.8, 4) is 0 Å². The Morgan fingerprint density at radius 1 is 1.59 bits per heavy atom. The van der Waals surface area contributed by atoms with Crippen molar-refractivity contribution < 1.29 is 9.18 Å². The van der Waals surface area contributed by atoms with Crippen molar-refractivity contribution >= 4 is 21.8 Å². The van der Waals surface area contributed by atoms with E-state index in [9.17, 15) is 9.18 Å². The zero-order valence-electron chi connectivity index (χ0n) is 9.54. The van der Waals surface area contributed by atoms with Crippen LogP contribution in [0.4, 0.5) is 4.39 Å². The number of hydrogen-bond acceptors (Lipinski definition) is 2. The molecule has 0 aliphatic carbocycles. The minimum atomic E-state index is -0.284. The van der Waals surface area contributed by atoms with E-state index in [4.69, 9.17) is 0 Å². The number of amides is 1. The molecular formula is C12H14BrFN2O. The highest BCUT2D eigenvalue weighted by molar-refractivity contribution is 9.10. The van der Waals surface area contributed by atoms with Crippen LogP contribution in [0.15, 0.2) is 22.7 Å². The van der Waals surface area contributed by atoms with Crippen LogP contribution in [0.5, 0.6) is 0 Å². The number of carbonyl (C=O) groups excluding carboxylic acids is 1. The number of rotatable bonds is 2. The van der Waals surface area contributed by atoms with Gasteiger partial charge in [-0.1, -0.05) is 6.07 Å². The van der Waals surface area contributed by atoms with Gasteiger partial charge in [0.15, 0.2) is 0 Å². The Bertz CT molecular complexity index is 439. The largest absolute Gasteiger partial charge is 0.336 e. The molecule has 0 spiro atoms. The van der Waals surface area contributed by atoms with Crippen molar-refractivity contribution in [2.75, 3.05) is 13.1 Å². The number of carbonyl (C=O) groups is 1. The summed E-state index contributed by atoms with van der Waals surface area (Å²) in [5.74, 6) is -0.189. The number of benzene rings is 1. The minimum absolute atomic E-state index is 0.0942. The number of hydrogen-bond donors (Lipinski definition) is 1. The van der Waals surface area contributed by atoms with E-state index in [-0.39, 0.29) is 17.8 Å². The second-order valence-corrected chi connectivity index (χ2v) is 5.04. The zero-order valence-corrected chi connectivity index (χ0v) is 11.1. The first-order chi connectivity index (χ1) is 8.08. The van der Waals surface area contributed by atoms with Crippen molar-refractivity contribution in [2.24, 2.45) is 0 Å². The summed E-state index contributed by atoms with van der Waals surface area (Å²) in [7, 11) is 0. The fourth-order valence-corrected chi connectivity index (χ4v) is 2.33. The zero-order chi connectivity index (χ0) is 12.4. The maximum absolute atomic E-state index is 13.1. The molecule has 0 bridgehead atoms. The van der Waals surface area contributed by atoms with Gasteiger partial charge in [0.25, 0.3) is 0 Å². The molecule has 1 atom stereocenters. The predicted molar refractivity (Wildman–Crippen MR) is 67.0 cm³/mol. The van der Waals surface area contributed by atoms with Crippen molar-refractivity contribution in [2.45, 2.75) is 19.5 Å². The molecule has 5 heteroatoms. The molecule has 1 unspecified atom stereocenters. The van der Waals surface area contributed by atoms with E-state index in [0.717, 1.165) is 12.1 Å². The molecule has 2 rings (SSSR count). The van der Waals surface area contributed by atoms with Crippen molar-refractivity contribution in [3.05, 3.63) is 34.1 Å². The summed E-state index contributed by atoms with van der Waals surface area (Å²) in [6, 6.07) is 4.71. The van der Waals surface area contributed by atoms with E-state index < -0.39 is 0 Å². The molecule has 1 fully saturated rings. The molecule has 0 aromatic heterocycles.